The molecule has 21 heavy (non-hydrogen) atoms. The van der Waals surface area contributed by atoms with Crippen molar-refractivity contribution in [2.45, 2.75) is 31.7 Å². The number of anilines is 1. The first-order chi connectivity index (χ1) is 10.0. The molecule has 2 aromatic heterocycles. The summed E-state index contributed by atoms with van der Waals surface area (Å²) < 4.78 is 7.56. The molecule has 1 unspecified atom stereocenters. The molecule has 0 saturated carbocycles. The average molecular weight is 306 g/mol. The molecule has 9 heteroatoms. The zero-order valence-corrected chi connectivity index (χ0v) is 12.1. The molecular formula is C12H14N6O2S. The molecule has 1 saturated heterocycles. The molecule has 3 rings (SSSR count). The second kappa shape index (κ2) is 5.01. The SMILES string of the molecule is C[C@H]1O[C@@H](n2cc(C(N)=S)c3c(N)ncnc32)CC1N=O. The van der Waals surface area contributed by atoms with Crippen molar-refractivity contribution < 1.29 is 4.74 Å². The summed E-state index contributed by atoms with van der Waals surface area (Å²) in [4.78, 5) is 19.2. The summed E-state index contributed by atoms with van der Waals surface area (Å²) >= 11 is 5.05. The quantitative estimate of drug-likeness (QED) is 0.643. The van der Waals surface area contributed by atoms with Gasteiger partial charge in [-0.25, -0.2) is 9.97 Å². The summed E-state index contributed by atoms with van der Waals surface area (Å²) in [6.45, 7) is 1.82. The molecular weight excluding hydrogens is 292 g/mol. The summed E-state index contributed by atoms with van der Waals surface area (Å²) in [6, 6.07) is -0.389. The average Bonchev–Trinajstić information content (AvgIpc) is 3.00. The van der Waals surface area contributed by atoms with Gasteiger partial charge in [0, 0.05) is 18.2 Å². The topological polar surface area (TPSA) is 121 Å². The van der Waals surface area contributed by atoms with Crippen LogP contribution >= 0.6 is 12.2 Å². The van der Waals surface area contributed by atoms with E-state index in [0.29, 0.717) is 28.8 Å². The molecule has 0 amide bonds. The minimum absolute atomic E-state index is 0.205. The summed E-state index contributed by atoms with van der Waals surface area (Å²) in [7, 11) is 0. The Morgan fingerprint density at radius 3 is 2.95 bits per heavy atom. The van der Waals surface area contributed by atoms with Crippen molar-refractivity contribution >= 4 is 34.1 Å². The van der Waals surface area contributed by atoms with Crippen LogP contribution in [0.15, 0.2) is 17.7 Å². The maximum atomic E-state index is 10.8. The van der Waals surface area contributed by atoms with Crippen LogP contribution in [0.3, 0.4) is 0 Å². The van der Waals surface area contributed by atoms with Crippen molar-refractivity contribution in [2.24, 2.45) is 10.9 Å². The van der Waals surface area contributed by atoms with E-state index in [4.69, 9.17) is 28.4 Å². The Morgan fingerprint density at radius 2 is 2.33 bits per heavy atom. The second-order valence-electron chi connectivity index (χ2n) is 4.98. The first-order valence-corrected chi connectivity index (χ1v) is 6.82. The maximum absolute atomic E-state index is 10.8. The predicted molar refractivity (Wildman–Crippen MR) is 81.6 cm³/mol. The molecule has 3 atom stereocenters. The largest absolute Gasteiger partial charge is 0.389 e. The van der Waals surface area contributed by atoms with Crippen LogP contribution in [-0.4, -0.2) is 31.7 Å². The van der Waals surface area contributed by atoms with Gasteiger partial charge in [0.1, 0.15) is 35.1 Å². The summed E-state index contributed by atoms with van der Waals surface area (Å²) in [6.07, 6.45) is 2.96. The standard InChI is InChI=1S/C12H14N6O2S/c1-5-7(17-19)2-8(20-5)18-3-6(11(14)21)9-10(13)15-4-16-12(9)18/h3-5,7-8H,2H2,1H3,(H2,14,21)(H2,13,15,16)/t5-,7?,8-/m1/s1. The van der Waals surface area contributed by atoms with Crippen molar-refractivity contribution in [1.29, 1.82) is 0 Å². The molecule has 2 aromatic rings. The molecule has 1 aliphatic rings. The van der Waals surface area contributed by atoms with Crippen LogP contribution in [0.4, 0.5) is 5.82 Å². The van der Waals surface area contributed by atoms with Crippen molar-refractivity contribution in [3.05, 3.63) is 23.0 Å². The number of hydrogen-bond acceptors (Lipinski definition) is 7. The summed E-state index contributed by atoms with van der Waals surface area (Å²) in [5.74, 6) is 0.303. The number of ether oxygens (including phenoxy) is 1. The first-order valence-electron chi connectivity index (χ1n) is 6.41. The highest BCUT2D eigenvalue weighted by Crippen LogP contribution is 2.35. The fraction of sp³-hybridized carbons (Fsp3) is 0.417. The fourth-order valence-electron chi connectivity index (χ4n) is 2.61. The Hall–Kier alpha value is -2.13. The molecule has 4 N–H and O–H groups in total. The molecule has 1 fully saturated rings. The number of rotatable bonds is 3. The van der Waals surface area contributed by atoms with E-state index in [2.05, 4.69) is 15.1 Å². The van der Waals surface area contributed by atoms with Gasteiger partial charge in [-0.2, -0.15) is 4.91 Å². The molecule has 110 valence electrons. The van der Waals surface area contributed by atoms with Gasteiger partial charge in [-0.1, -0.05) is 17.4 Å². The molecule has 0 aromatic carbocycles. The highest BCUT2D eigenvalue weighted by atomic mass is 32.1. The predicted octanol–water partition coefficient (Wildman–Crippen LogP) is 1.09. The van der Waals surface area contributed by atoms with Gasteiger partial charge in [0.25, 0.3) is 0 Å². The first kappa shape index (κ1) is 13.8. The molecule has 0 aliphatic carbocycles. The van der Waals surface area contributed by atoms with E-state index < -0.39 is 0 Å². The molecule has 8 nitrogen and oxygen atoms in total. The Morgan fingerprint density at radius 1 is 1.57 bits per heavy atom. The van der Waals surface area contributed by atoms with Gasteiger partial charge in [0.2, 0.25) is 0 Å². The number of nitroso groups, excluding NO2 is 1. The van der Waals surface area contributed by atoms with Crippen molar-refractivity contribution in [2.75, 3.05) is 5.73 Å². The van der Waals surface area contributed by atoms with Crippen molar-refractivity contribution in [1.82, 2.24) is 14.5 Å². The number of fused-ring (bicyclic) bond motifs is 1. The van der Waals surface area contributed by atoms with Crippen molar-refractivity contribution in [3.63, 3.8) is 0 Å². The Bertz CT molecular complexity index is 730. The zero-order valence-electron chi connectivity index (χ0n) is 11.3. The monoisotopic (exact) mass is 306 g/mol. The minimum Gasteiger partial charge on any atom is -0.389 e. The lowest BCUT2D eigenvalue weighted by molar-refractivity contribution is 0.0116. The number of nitrogens with zero attached hydrogens (tertiary/aromatic N) is 4. The van der Waals surface area contributed by atoms with Gasteiger partial charge in [-0.05, 0) is 6.92 Å². The lowest BCUT2D eigenvalue weighted by Gasteiger charge is -2.13. The fourth-order valence-corrected chi connectivity index (χ4v) is 2.77. The van der Waals surface area contributed by atoms with Crippen LogP contribution in [0.5, 0.6) is 0 Å². The van der Waals surface area contributed by atoms with E-state index in [1.165, 1.54) is 6.33 Å². The number of hydrogen-bond donors (Lipinski definition) is 2. The Labute approximate surface area is 125 Å². The smallest absolute Gasteiger partial charge is 0.148 e. The highest BCUT2D eigenvalue weighted by molar-refractivity contribution is 7.80. The van der Waals surface area contributed by atoms with Crippen LogP contribution in [0.2, 0.25) is 0 Å². The van der Waals surface area contributed by atoms with Crippen molar-refractivity contribution in [3.8, 4) is 0 Å². The molecule has 3 heterocycles. The van der Waals surface area contributed by atoms with Gasteiger partial charge in [0.05, 0.1) is 11.5 Å². The van der Waals surface area contributed by atoms with E-state index in [0.717, 1.165) is 0 Å². The third-order valence-electron chi connectivity index (χ3n) is 3.71. The van der Waals surface area contributed by atoms with Gasteiger partial charge >= 0.3 is 0 Å². The number of nitrogen functional groups attached to an aromatic ring is 1. The Balaban J connectivity index is 2.14. The van der Waals surface area contributed by atoms with Crippen LogP contribution in [0.1, 0.15) is 25.1 Å². The van der Waals surface area contributed by atoms with E-state index in [1.54, 1.807) is 10.8 Å². The lowest BCUT2D eigenvalue weighted by atomic mass is 10.2. The van der Waals surface area contributed by atoms with E-state index in [1.807, 2.05) is 6.92 Å². The van der Waals surface area contributed by atoms with Crippen LogP contribution in [0, 0.1) is 4.91 Å². The molecule has 1 aliphatic heterocycles. The Kier molecular flexibility index (Phi) is 3.30. The molecule has 0 radical (unpaired) electrons. The van der Waals surface area contributed by atoms with Gasteiger partial charge in [-0.15, -0.1) is 0 Å². The third kappa shape index (κ3) is 2.14. The van der Waals surface area contributed by atoms with E-state index >= 15 is 0 Å². The second-order valence-corrected chi connectivity index (χ2v) is 5.42. The highest BCUT2D eigenvalue weighted by Gasteiger charge is 2.35. The summed E-state index contributed by atoms with van der Waals surface area (Å²) in [5.41, 5.74) is 12.8. The number of aromatic nitrogens is 3. The third-order valence-corrected chi connectivity index (χ3v) is 3.93. The van der Waals surface area contributed by atoms with Gasteiger partial charge in [-0.3, -0.25) is 0 Å². The minimum atomic E-state index is -0.389. The molecule has 0 spiro atoms. The van der Waals surface area contributed by atoms with Gasteiger partial charge < -0.3 is 20.8 Å². The van der Waals surface area contributed by atoms with E-state index in [-0.39, 0.29) is 23.4 Å². The zero-order chi connectivity index (χ0) is 15.1. The number of nitrogens with two attached hydrogens (primary N) is 2. The van der Waals surface area contributed by atoms with Crippen LogP contribution in [0.25, 0.3) is 11.0 Å². The van der Waals surface area contributed by atoms with Crippen LogP contribution in [-0.2, 0) is 4.74 Å². The van der Waals surface area contributed by atoms with Crippen LogP contribution < -0.4 is 11.5 Å². The van der Waals surface area contributed by atoms with E-state index in [9.17, 15) is 4.91 Å². The van der Waals surface area contributed by atoms with Gasteiger partial charge in [0.15, 0.2) is 0 Å². The number of thiocarbonyl (C=S) groups is 1. The maximum Gasteiger partial charge on any atom is 0.148 e. The molecule has 0 bridgehead atoms. The summed E-state index contributed by atoms with van der Waals surface area (Å²) in [5, 5.41) is 3.69. The lowest BCUT2D eigenvalue weighted by Crippen LogP contribution is -2.13. The normalized spacial score (nSPS) is 25.3.